The number of benzene rings is 1. The van der Waals surface area contributed by atoms with Crippen molar-refractivity contribution in [3.8, 4) is 0 Å². The van der Waals surface area contributed by atoms with E-state index in [-0.39, 0.29) is 0 Å². The Morgan fingerprint density at radius 1 is 1.36 bits per heavy atom. The van der Waals surface area contributed by atoms with Crippen molar-refractivity contribution in [3.05, 3.63) is 35.9 Å². The topological polar surface area (TPSA) is 41.8 Å². The van der Waals surface area contributed by atoms with Crippen LogP contribution in [0.15, 0.2) is 40.3 Å². The quantitative estimate of drug-likeness (QED) is 0.404. The van der Waals surface area contributed by atoms with Crippen LogP contribution < -0.4 is 0 Å². The van der Waals surface area contributed by atoms with Crippen molar-refractivity contribution < 1.29 is 4.79 Å². The summed E-state index contributed by atoms with van der Waals surface area (Å²) >= 11 is 0. The number of carbonyl (C=O) groups is 1. The molecule has 0 bridgehead atoms. The van der Waals surface area contributed by atoms with E-state index in [0.29, 0.717) is 12.3 Å². The Labute approximate surface area is 83.2 Å². The van der Waals surface area contributed by atoms with Gasteiger partial charge in [0, 0.05) is 25.2 Å². The van der Waals surface area contributed by atoms with Crippen molar-refractivity contribution in [2.45, 2.75) is 6.42 Å². The molecular formula is C11H12N2O. The maximum absolute atomic E-state index is 10.1. The van der Waals surface area contributed by atoms with Gasteiger partial charge in [-0.25, -0.2) is 4.99 Å². The zero-order valence-corrected chi connectivity index (χ0v) is 8.05. The summed E-state index contributed by atoms with van der Waals surface area (Å²) in [5.41, 5.74) is 0.956. The fourth-order valence-electron chi connectivity index (χ4n) is 1.03. The van der Waals surface area contributed by atoms with Crippen molar-refractivity contribution in [1.82, 2.24) is 0 Å². The van der Waals surface area contributed by atoms with Crippen LogP contribution in [0.5, 0.6) is 0 Å². The number of rotatable bonds is 3. The third-order valence-electron chi connectivity index (χ3n) is 1.66. The molecule has 72 valence electrons. The van der Waals surface area contributed by atoms with Crippen molar-refractivity contribution in [3.63, 3.8) is 0 Å². The average molecular weight is 188 g/mol. The summed E-state index contributed by atoms with van der Waals surface area (Å²) in [6.07, 6.45) is 2.69. The van der Waals surface area contributed by atoms with E-state index in [1.165, 1.54) is 0 Å². The lowest BCUT2D eigenvalue weighted by molar-refractivity contribution is -0.106. The monoisotopic (exact) mass is 188 g/mol. The van der Waals surface area contributed by atoms with E-state index < -0.39 is 0 Å². The summed E-state index contributed by atoms with van der Waals surface area (Å²) in [5, 5.41) is 0. The van der Waals surface area contributed by atoms with E-state index in [9.17, 15) is 4.79 Å². The van der Waals surface area contributed by atoms with Crippen LogP contribution in [0, 0.1) is 0 Å². The van der Waals surface area contributed by atoms with Gasteiger partial charge in [0.15, 0.2) is 5.84 Å². The van der Waals surface area contributed by atoms with E-state index >= 15 is 0 Å². The largest absolute Gasteiger partial charge is 0.303 e. The van der Waals surface area contributed by atoms with Crippen LogP contribution in [0.2, 0.25) is 0 Å². The number of aldehydes is 1. The Morgan fingerprint density at radius 2 is 2.07 bits per heavy atom. The number of amidine groups is 1. The summed E-state index contributed by atoms with van der Waals surface area (Å²) in [5.74, 6) is 0.646. The number of hydrogen-bond donors (Lipinski definition) is 0. The predicted octanol–water partition coefficient (Wildman–Crippen LogP) is 1.72. The van der Waals surface area contributed by atoms with Gasteiger partial charge in [0.25, 0.3) is 0 Å². The normalized spacial score (nSPS) is 11.9. The van der Waals surface area contributed by atoms with E-state index in [4.69, 9.17) is 0 Å². The molecule has 1 aromatic carbocycles. The zero-order chi connectivity index (χ0) is 10.2. The molecule has 0 spiro atoms. The van der Waals surface area contributed by atoms with Crippen LogP contribution in [-0.2, 0) is 4.79 Å². The summed E-state index contributed by atoms with van der Waals surface area (Å²) in [6, 6.07) is 9.65. The Bertz CT molecular complexity index is 342. The molecule has 0 aromatic heterocycles. The number of nitrogens with zero attached hydrogens (tertiary/aromatic N) is 2. The van der Waals surface area contributed by atoms with Gasteiger partial charge in [-0.3, -0.25) is 4.99 Å². The summed E-state index contributed by atoms with van der Waals surface area (Å²) in [7, 11) is 1.68. The lowest BCUT2D eigenvalue weighted by Gasteiger charge is -1.97. The molecule has 3 heteroatoms. The molecule has 0 aliphatic heterocycles. The third-order valence-corrected chi connectivity index (χ3v) is 1.66. The lowest BCUT2D eigenvalue weighted by Crippen LogP contribution is -1.97. The van der Waals surface area contributed by atoms with E-state index in [2.05, 4.69) is 9.98 Å². The molecular weight excluding hydrogens is 176 g/mol. The van der Waals surface area contributed by atoms with E-state index in [1.807, 2.05) is 30.3 Å². The highest BCUT2D eigenvalue weighted by Crippen LogP contribution is 2.01. The van der Waals surface area contributed by atoms with Gasteiger partial charge in [0.05, 0.1) is 0 Å². The Morgan fingerprint density at radius 3 is 2.64 bits per heavy atom. The van der Waals surface area contributed by atoms with Crippen molar-refractivity contribution >= 4 is 18.3 Å². The zero-order valence-electron chi connectivity index (χ0n) is 8.05. The molecule has 0 N–H and O–H groups in total. The van der Waals surface area contributed by atoms with Gasteiger partial charge in [0.1, 0.15) is 6.29 Å². The van der Waals surface area contributed by atoms with Crippen molar-refractivity contribution in [2.75, 3.05) is 7.05 Å². The second kappa shape index (κ2) is 5.80. The number of aliphatic imine (C=N–C) groups is 2. The van der Waals surface area contributed by atoms with Gasteiger partial charge >= 0.3 is 0 Å². The summed E-state index contributed by atoms with van der Waals surface area (Å²) in [6.45, 7) is 0. The molecule has 0 saturated heterocycles. The van der Waals surface area contributed by atoms with Crippen LogP contribution in [0.3, 0.4) is 0 Å². The lowest BCUT2D eigenvalue weighted by atomic mass is 10.2. The minimum absolute atomic E-state index is 0.325. The van der Waals surface area contributed by atoms with Crippen molar-refractivity contribution in [1.29, 1.82) is 0 Å². The first kappa shape index (κ1) is 10.3. The second-order valence-corrected chi connectivity index (χ2v) is 2.63. The fraction of sp³-hybridized carbons (Fsp3) is 0.182. The maximum atomic E-state index is 10.1. The Kier molecular flexibility index (Phi) is 4.27. The molecule has 0 radical (unpaired) electrons. The maximum Gasteiger partial charge on any atom is 0.153 e. The minimum Gasteiger partial charge on any atom is -0.303 e. The molecule has 3 nitrogen and oxygen atoms in total. The smallest absolute Gasteiger partial charge is 0.153 e. The third kappa shape index (κ3) is 2.94. The van der Waals surface area contributed by atoms with Gasteiger partial charge in [-0.2, -0.15) is 0 Å². The summed E-state index contributed by atoms with van der Waals surface area (Å²) in [4.78, 5) is 18.2. The van der Waals surface area contributed by atoms with Crippen LogP contribution in [0.1, 0.15) is 12.0 Å². The number of hydrogen-bond acceptors (Lipinski definition) is 2. The Hall–Kier alpha value is -1.77. The Balaban J connectivity index is 2.79. The highest BCUT2D eigenvalue weighted by atomic mass is 16.1. The molecule has 0 saturated carbocycles. The molecule has 1 aromatic rings. The predicted molar refractivity (Wildman–Crippen MR) is 58.1 cm³/mol. The van der Waals surface area contributed by atoms with Gasteiger partial charge in [-0.05, 0) is 0 Å². The first-order chi connectivity index (χ1) is 6.88. The first-order valence-corrected chi connectivity index (χ1v) is 4.37. The molecule has 1 rings (SSSR count). The molecule has 0 aliphatic carbocycles. The van der Waals surface area contributed by atoms with Crippen molar-refractivity contribution in [2.24, 2.45) is 9.98 Å². The number of carbonyl (C=O) groups excluding carboxylic acids is 1. The highest BCUT2D eigenvalue weighted by Gasteiger charge is 1.96. The van der Waals surface area contributed by atoms with E-state index in [1.54, 1.807) is 13.3 Å². The molecule has 0 atom stereocenters. The SMILES string of the molecule is C/N=C(\N=C/CC=O)c1ccccc1. The standard InChI is InChI=1S/C11H12N2O/c1-12-11(13-8-5-9-14)10-6-3-2-4-7-10/h2-4,6-9H,5H2,1H3/b12-11-,13-8-. The fourth-order valence-corrected chi connectivity index (χ4v) is 1.03. The van der Waals surface area contributed by atoms with E-state index in [0.717, 1.165) is 11.8 Å². The van der Waals surface area contributed by atoms with Crippen LogP contribution in [0.25, 0.3) is 0 Å². The molecule has 14 heavy (non-hydrogen) atoms. The van der Waals surface area contributed by atoms with Crippen LogP contribution >= 0.6 is 0 Å². The molecule has 0 aliphatic rings. The molecule has 0 fully saturated rings. The average Bonchev–Trinajstić information content (AvgIpc) is 2.26. The second-order valence-electron chi connectivity index (χ2n) is 2.63. The molecule has 0 unspecified atom stereocenters. The highest BCUT2D eigenvalue weighted by molar-refractivity contribution is 6.03. The van der Waals surface area contributed by atoms with Gasteiger partial charge in [-0.1, -0.05) is 30.3 Å². The van der Waals surface area contributed by atoms with Gasteiger partial charge in [-0.15, -0.1) is 0 Å². The minimum atomic E-state index is 0.325. The van der Waals surface area contributed by atoms with Crippen LogP contribution in [-0.4, -0.2) is 25.4 Å². The van der Waals surface area contributed by atoms with Gasteiger partial charge < -0.3 is 4.79 Å². The summed E-state index contributed by atoms with van der Waals surface area (Å²) < 4.78 is 0. The molecule has 0 amide bonds. The first-order valence-electron chi connectivity index (χ1n) is 4.37. The van der Waals surface area contributed by atoms with Gasteiger partial charge in [0.2, 0.25) is 0 Å². The molecule has 0 heterocycles. The van der Waals surface area contributed by atoms with Crippen LogP contribution in [0.4, 0.5) is 0 Å².